The smallest absolute Gasteiger partial charge is 0.474 e. The molecule has 0 spiro atoms. The van der Waals surface area contributed by atoms with Crippen molar-refractivity contribution in [2.45, 2.75) is 38.9 Å². The second-order valence-corrected chi connectivity index (χ2v) is 6.45. The monoisotopic (exact) mass is 276 g/mol. The van der Waals surface area contributed by atoms with Crippen LogP contribution in [0.4, 0.5) is 5.69 Å². The van der Waals surface area contributed by atoms with E-state index in [4.69, 9.17) is 14.0 Å². The second kappa shape index (κ2) is 4.36. The molecule has 1 aromatic rings. The van der Waals surface area contributed by atoms with E-state index in [1.54, 1.807) is 6.20 Å². The number of anilines is 1. The van der Waals surface area contributed by atoms with Gasteiger partial charge < -0.3 is 18.9 Å². The number of hydrogen-bond acceptors (Lipinski definition) is 5. The van der Waals surface area contributed by atoms with E-state index in [-0.39, 0.29) is 18.3 Å². The van der Waals surface area contributed by atoms with Crippen molar-refractivity contribution in [3.63, 3.8) is 0 Å². The predicted octanol–water partition coefficient (Wildman–Crippen LogP) is 1.21. The van der Waals surface area contributed by atoms with E-state index in [1.807, 2.05) is 40.8 Å². The first-order chi connectivity index (χ1) is 9.30. The van der Waals surface area contributed by atoms with E-state index in [0.717, 1.165) is 17.7 Å². The van der Waals surface area contributed by atoms with E-state index in [2.05, 4.69) is 9.88 Å². The van der Waals surface area contributed by atoms with Crippen LogP contribution in [0.25, 0.3) is 0 Å². The maximum absolute atomic E-state index is 6.05. The van der Waals surface area contributed by atoms with Crippen molar-refractivity contribution in [2.24, 2.45) is 0 Å². The summed E-state index contributed by atoms with van der Waals surface area (Å²) >= 11 is 0. The van der Waals surface area contributed by atoms with Gasteiger partial charge in [0.15, 0.2) is 0 Å². The molecule has 0 aromatic carbocycles. The topological polar surface area (TPSA) is 43.8 Å². The minimum atomic E-state index is -0.381. The standard InChI is InChI=1S/C14H21BN2O3/c1-13(2)14(3,4)20-15(19-13)10-8-11-12(16-9-10)18-7-6-17(11)5/h8-9H,6-7H2,1-5H3. The zero-order valence-corrected chi connectivity index (χ0v) is 12.8. The summed E-state index contributed by atoms with van der Waals surface area (Å²) in [6, 6.07) is 2.05. The van der Waals surface area contributed by atoms with E-state index in [9.17, 15) is 0 Å². The number of ether oxygens (including phenoxy) is 1. The minimum absolute atomic E-state index is 0.337. The molecule has 0 unspecified atom stereocenters. The molecule has 3 rings (SSSR count). The number of nitrogens with zero attached hydrogens (tertiary/aromatic N) is 2. The first-order valence-electron chi connectivity index (χ1n) is 7.00. The first-order valence-corrected chi connectivity index (χ1v) is 7.00. The summed E-state index contributed by atoms with van der Waals surface area (Å²) in [7, 11) is 1.66. The largest absolute Gasteiger partial charge is 0.496 e. The van der Waals surface area contributed by atoms with Gasteiger partial charge in [-0.3, -0.25) is 0 Å². The maximum atomic E-state index is 6.05. The Labute approximate surface area is 120 Å². The highest BCUT2D eigenvalue weighted by atomic mass is 16.7. The second-order valence-electron chi connectivity index (χ2n) is 6.45. The van der Waals surface area contributed by atoms with Crippen molar-refractivity contribution in [2.75, 3.05) is 25.1 Å². The summed E-state index contributed by atoms with van der Waals surface area (Å²) in [6.07, 6.45) is 1.78. The Kier molecular flexibility index (Phi) is 2.99. The molecular formula is C14H21BN2O3. The Morgan fingerprint density at radius 1 is 1.20 bits per heavy atom. The molecule has 5 nitrogen and oxygen atoms in total. The molecule has 0 bridgehead atoms. The van der Waals surface area contributed by atoms with Crippen LogP contribution in [0.15, 0.2) is 12.3 Å². The van der Waals surface area contributed by atoms with Gasteiger partial charge in [0.25, 0.3) is 0 Å². The Hall–Kier alpha value is -1.27. The lowest BCUT2D eigenvalue weighted by molar-refractivity contribution is 0.00578. The summed E-state index contributed by atoms with van der Waals surface area (Å²) in [6.45, 7) is 9.73. The zero-order chi connectivity index (χ0) is 14.5. The first kappa shape index (κ1) is 13.7. The third-order valence-electron chi connectivity index (χ3n) is 4.46. The molecule has 108 valence electrons. The molecule has 0 amide bonds. The third-order valence-corrected chi connectivity index (χ3v) is 4.46. The van der Waals surface area contributed by atoms with Crippen molar-refractivity contribution in [1.29, 1.82) is 0 Å². The van der Waals surface area contributed by atoms with Crippen LogP contribution in [0.1, 0.15) is 27.7 Å². The summed E-state index contributed by atoms with van der Waals surface area (Å²) < 4.78 is 17.7. The van der Waals surface area contributed by atoms with E-state index < -0.39 is 0 Å². The molecule has 6 heteroatoms. The van der Waals surface area contributed by atoms with Crippen LogP contribution in [0.5, 0.6) is 5.88 Å². The van der Waals surface area contributed by atoms with Crippen molar-refractivity contribution in [1.82, 2.24) is 4.98 Å². The zero-order valence-electron chi connectivity index (χ0n) is 12.8. The SMILES string of the molecule is CN1CCOc2ncc(B3OC(C)(C)C(C)(C)O3)cc21. The number of pyridine rings is 1. The molecule has 3 heterocycles. The van der Waals surface area contributed by atoms with E-state index >= 15 is 0 Å². The average molecular weight is 276 g/mol. The van der Waals surface area contributed by atoms with E-state index in [1.165, 1.54) is 0 Å². The molecule has 0 aliphatic carbocycles. The van der Waals surface area contributed by atoms with Crippen LogP contribution in [0.3, 0.4) is 0 Å². The molecule has 0 N–H and O–H groups in total. The van der Waals surface area contributed by atoms with Crippen LogP contribution in [0, 0.1) is 0 Å². The van der Waals surface area contributed by atoms with Gasteiger partial charge in [-0.1, -0.05) is 0 Å². The van der Waals surface area contributed by atoms with Crippen LogP contribution in [0.2, 0.25) is 0 Å². The van der Waals surface area contributed by atoms with Crippen LogP contribution in [-0.2, 0) is 9.31 Å². The molecule has 1 saturated heterocycles. The summed E-state index contributed by atoms with van der Waals surface area (Å²) in [5.41, 5.74) is 1.24. The van der Waals surface area contributed by atoms with Crippen LogP contribution >= 0.6 is 0 Å². The Bertz CT molecular complexity index is 517. The van der Waals surface area contributed by atoms with Crippen molar-refractivity contribution < 1.29 is 14.0 Å². The number of likely N-dealkylation sites (N-methyl/N-ethyl adjacent to an activating group) is 1. The van der Waals surface area contributed by atoms with Gasteiger partial charge in [-0.05, 0) is 33.8 Å². The Morgan fingerprint density at radius 3 is 2.50 bits per heavy atom. The third kappa shape index (κ3) is 2.07. The summed E-state index contributed by atoms with van der Waals surface area (Å²) in [4.78, 5) is 6.53. The molecule has 20 heavy (non-hydrogen) atoms. The maximum Gasteiger partial charge on any atom is 0.496 e. The van der Waals surface area contributed by atoms with Gasteiger partial charge in [-0.2, -0.15) is 0 Å². The van der Waals surface area contributed by atoms with Gasteiger partial charge in [0, 0.05) is 18.7 Å². The number of rotatable bonds is 1. The molecule has 0 radical (unpaired) electrons. The van der Waals surface area contributed by atoms with Gasteiger partial charge >= 0.3 is 7.12 Å². The molecular weight excluding hydrogens is 255 g/mol. The fourth-order valence-corrected chi connectivity index (χ4v) is 2.35. The quantitative estimate of drug-likeness (QED) is 0.721. The molecule has 1 fully saturated rings. The molecule has 0 saturated carbocycles. The number of aromatic nitrogens is 1. The highest BCUT2D eigenvalue weighted by Gasteiger charge is 2.52. The lowest BCUT2D eigenvalue weighted by Gasteiger charge is -2.32. The average Bonchev–Trinajstić information content (AvgIpc) is 2.59. The Balaban J connectivity index is 1.91. The number of hydrogen-bond donors (Lipinski definition) is 0. The lowest BCUT2D eigenvalue weighted by atomic mass is 9.80. The van der Waals surface area contributed by atoms with Crippen molar-refractivity contribution >= 4 is 18.3 Å². The summed E-state index contributed by atoms with van der Waals surface area (Å²) in [5.74, 6) is 0.680. The van der Waals surface area contributed by atoms with Crippen molar-refractivity contribution in [3.8, 4) is 5.88 Å². The van der Waals surface area contributed by atoms with Crippen LogP contribution in [-0.4, -0.2) is 43.5 Å². The Morgan fingerprint density at radius 2 is 1.85 bits per heavy atom. The molecule has 2 aliphatic rings. The molecule has 2 aliphatic heterocycles. The van der Waals surface area contributed by atoms with Gasteiger partial charge in [-0.15, -0.1) is 0 Å². The lowest BCUT2D eigenvalue weighted by Crippen LogP contribution is -2.41. The summed E-state index contributed by atoms with van der Waals surface area (Å²) in [5, 5.41) is 0. The highest BCUT2D eigenvalue weighted by Crippen LogP contribution is 2.37. The van der Waals surface area contributed by atoms with Gasteiger partial charge in [-0.25, -0.2) is 4.98 Å². The minimum Gasteiger partial charge on any atom is -0.474 e. The number of fused-ring (bicyclic) bond motifs is 1. The highest BCUT2D eigenvalue weighted by molar-refractivity contribution is 6.62. The predicted molar refractivity (Wildman–Crippen MR) is 78.7 cm³/mol. The fraction of sp³-hybridized carbons (Fsp3) is 0.643. The molecule has 0 atom stereocenters. The van der Waals surface area contributed by atoms with Gasteiger partial charge in [0.1, 0.15) is 6.61 Å². The molecule has 1 aromatic heterocycles. The van der Waals surface area contributed by atoms with Gasteiger partial charge in [0.2, 0.25) is 5.88 Å². The van der Waals surface area contributed by atoms with Gasteiger partial charge in [0.05, 0.1) is 23.4 Å². The van der Waals surface area contributed by atoms with Crippen LogP contribution < -0.4 is 15.1 Å². The van der Waals surface area contributed by atoms with Crippen molar-refractivity contribution in [3.05, 3.63) is 12.3 Å². The normalized spacial score (nSPS) is 23.4. The fourth-order valence-electron chi connectivity index (χ4n) is 2.35. The van der Waals surface area contributed by atoms with E-state index in [0.29, 0.717) is 12.5 Å².